The summed E-state index contributed by atoms with van der Waals surface area (Å²) in [7, 11) is 0. The summed E-state index contributed by atoms with van der Waals surface area (Å²) in [5.41, 5.74) is -0.474. The number of alkyl carbamates (subject to hydrolysis) is 1. The van der Waals surface area contributed by atoms with Crippen LogP contribution in [0.25, 0.3) is 0 Å². The molecule has 2 unspecified atom stereocenters. The standard InChI is InChI=1S/C17H34N4O3/c1-5-18-15(21-12-13-8-6-9-14(13)22)19-10-7-11-20-16(23)24-17(2,3)4/h13-14,22H,5-12H2,1-4H3,(H,20,23)(H2,18,19,21). The van der Waals surface area contributed by atoms with Gasteiger partial charge in [-0.3, -0.25) is 4.99 Å². The molecular weight excluding hydrogens is 308 g/mol. The first kappa shape index (κ1) is 20.5. The lowest BCUT2D eigenvalue weighted by Gasteiger charge is -2.19. The topological polar surface area (TPSA) is 95.0 Å². The van der Waals surface area contributed by atoms with E-state index in [2.05, 4.69) is 20.9 Å². The van der Waals surface area contributed by atoms with Crippen molar-refractivity contribution in [2.45, 2.75) is 65.1 Å². The quantitative estimate of drug-likeness (QED) is 0.320. The van der Waals surface area contributed by atoms with Gasteiger partial charge in [-0.1, -0.05) is 6.42 Å². The van der Waals surface area contributed by atoms with Crippen molar-refractivity contribution < 1.29 is 14.6 Å². The summed E-state index contributed by atoms with van der Waals surface area (Å²) < 4.78 is 5.18. The molecule has 0 saturated heterocycles. The number of nitrogens with zero attached hydrogens (tertiary/aromatic N) is 1. The normalized spacial score (nSPS) is 21.5. The zero-order valence-electron chi connectivity index (χ0n) is 15.5. The van der Waals surface area contributed by atoms with Gasteiger partial charge in [0.25, 0.3) is 0 Å². The van der Waals surface area contributed by atoms with Crippen LogP contribution in [0.1, 0.15) is 53.4 Å². The molecule has 0 aromatic rings. The molecule has 0 aromatic heterocycles. The monoisotopic (exact) mass is 342 g/mol. The number of amides is 1. The van der Waals surface area contributed by atoms with Crippen LogP contribution in [0.2, 0.25) is 0 Å². The molecule has 0 aromatic carbocycles. The van der Waals surface area contributed by atoms with Crippen molar-refractivity contribution in [3.63, 3.8) is 0 Å². The molecule has 0 spiro atoms. The van der Waals surface area contributed by atoms with Crippen LogP contribution in [0, 0.1) is 5.92 Å². The predicted octanol–water partition coefficient (Wildman–Crippen LogP) is 1.62. The smallest absolute Gasteiger partial charge is 0.407 e. The lowest BCUT2D eigenvalue weighted by atomic mass is 10.1. The van der Waals surface area contributed by atoms with E-state index in [4.69, 9.17) is 4.74 Å². The number of nitrogens with one attached hydrogen (secondary N) is 3. The van der Waals surface area contributed by atoms with Gasteiger partial charge < -0.3 is 25.8 Å². The van der Waals surface area contributed by atoms with Crippen molar-refractivity contribution >= 4 is 12.1 Å². The highest BCUT2D eigenvalue weighted by Gasteiger charge is 2.24. The first-order valence-corrected chi connectivity index (χ1v) is 8.99. The molecule has 0 bridgehead atoms. The molecule has 1 saturated carbocycles. The third kappa shape index (κ3) is 8.96. The highest BCUT2D eigenvalue weighted by atomic mass is 16.6. The van der Waals surface area contributed by atoms with Crippen LogP contribution in [0.4, 0.5) is 4.79 Å². The number of hydrogen-bond acceptors (Lipinski definition) is 4. The Bertz CT molecular complexity index is 407. The van der Waals surface area contributed by atoms with E-state index in [1.54, 1.807) is 0 Å². The highest BCUT2D eigenvalue weighted by Crippen LogP contribution is 2.25. The SMILES string of the molecule is CCNC(=NCC1CCCC1O)NCCCNC(=O)OC(C)(C)C. The zero-order chi connectivity index (χ0) is 18.0. The van der Waals surface area contributed by atoms with Gasteiger partial charge in [-0.2, -0.15) is 0 Å². The first-order valence-electron chi connectivity index (χ1n) is 8.99. The fraction of sp³-hybridized carbons (Fsp3) is 0.882. The van der Waals surface area contributed by atoms with E-state index in [9.17, 15) is 9.90 Å². The summed E-state index contributed by atoms with van der Waals surface area (Å²) in [4.78, 5) is 16.1. The van der Waals surface area contributed by atoms with Crippen molar-refractivity contribution in [2.75, 3.05) is 26.2 Å². The second kappa shape index (κ2) is 10.4. The largest absolute Gasteiger partial charge is 0.444 e. The number of ether oxygens (including phenoxy) is 1. The molecule has 7 heteroatoms. The van der Waals surface area contributed by atoms with Gasteiger partial charge in [0.05, 0.1) is 6.10 Å². The Morgan fingerprint density at radius 3 is 2.50 bits per heavy atom. The molecule has 7 nitrogen and oxygen atoms in total. The van der Waals surface area contributed by atoms with E-state index in [1.165, 1.54) is 0 Å². The molecule has 4 N–H and O–H groups in total. The third-order valence-electron chi connectivity index (χ3n) is 3.76. The van der Waals surface area contributed by atoms with Crippen LogP contribution in [-0.2, 0) is 4.74 Å². The second-order valence-corrected chi connectivity index (χ2v) is 7.19. The van der Waals surface area contributed by atoms with Gasteiger partial charge in [0, 0.05) is 32.1 Å². The van der Waals surface area contributed by atoms with Gasteiger partial charge in [0.2, 0.25) is 0 Å². The van der Waals surface area contributed by atoms with Crippen molar-refractivity contribution in [3.8, 4) is 0 Å². The lowest BCUT2D eigenvalue weighted by Crippen LogP contribution is -2.39. The lowest BCUT2D eigenvalue weighted by molar-refractivity contribution is 0.0527. The number of hydrogen-bond donors (Lipinski definition) is 4. The molecule has 1 rings (SSSR count). The highest BCUT2D eigenvalue weighted by molar-refractivity contribution is 5.79. The number of aliphatic hydroxyl groups is 1. The molecule has 1 amide bonds. The maximum Gasteiger partial charge on any atom is 0.407 e. The summed E-state index contributed by atoms with van der Waals surface area (Å²) in [6.07, 6.45) is 3.19. The fourth-order valence-electron chi connectivity index (χ4n) is 2.58. The Morgan fingerprint density at radius 1 is 1.21 bits per heavy atom. The molecule has 0 heterocycles. The van der Waals surface area contributed by atoms with Crippen LogP contribution in [0.15, 0.2) is 4.99 Å². The number of rotatable bonds is 7. The van der Waals surface area contributed by atoms with Crippen LogP contribution in [0.5, 0.6) is 0 Å². The van der Waals surface area contributed by atoms with Gasteiger partial charge in [-0.15, -0.1) is 0 Å². The van der Waals surface area contributed by atoms with E-state index in [0.717, 1.165) is 38.2 Å². The van der Waals surface area contributed by atoms with Crippen LogP contribution in [-0.4, -0.2) is 55.0 Å². The van der Waals surface area contributed by atoms with Crippen LogP contribution >= 0.6 is 0 Å². The number of carbonyl (C=O) groups is 1. The van der Waals surface area contributed by atoms with Crippen LogP contribution in [0.3, 0.4) is 0 Å². The second-order valence-electron chi connectivity index (χ2n) is 7.19. The van der Waals surface area contributed by atoms with Gasteiger partial charge in [-0.05, 0) is 47.0 Å². The van der Waals surface area contributed by atoms with Gasteiger partial charge in [0.15, 0.2) is 5.96 Å². The first-order chi connectivity index (χ1) is 11.3. The summed E-state index contributed by atoms with van der Waals surface area (Å²) in [5.74, 6) is 1.03. The Labute approximate surface area is 145 Å². The summed E-state index contributed by atoms with van der Waals surface area (Å²) in [6, 6.07) is 0. The van der Waals surface area contributed by atoms with E-state index in [-0.39, 0.29) is 12.0 Å². The van der Waals surface area contributed by atoms with Crippen molar-refractivity contribution in [2.24, 2.45) is 10.9 Å². The predicted molar refractivity (Wildman–Crippen MR) is 96.2 cm³/mol. The summed E-state index contributed by atoms with van der Waals surface area (Å²) in [5, 5.41) is 19.0. The van der Waals surface area contributed by atoms with Crippen molar-refractivity contribution in [3.05, 3.63) is 0 Å². The van der Waals surface area contributed by atoms with E-state index in [1.807, 2.05) is 27.7 Å². The summed E-state index contributed by atoms with van der Waals surface area (Å²) >= 11 is 0. The maximum atomic E-state index is 11.5. The number of aliphatic hydroxyl groups excluding tert-OH is 1. The minimum Gasteiger partial charge on any atom is -0.444 e. The average molecular weight is 342 g/mol. The Hall–Kier alpha value is -1.50. The van der Waals surface area contributed by atoms with E-state index in [0.29, 0.717) is 19.6 Å². The fourth-order valence-corrected chi connectivity index (χ4v) is 2.58. The molecule has 0 aliphatic heterocycles. The number of guanidine groups is 1. The third-order valence-corrected chi connectivity index (χ3v) is 3.76. The van der Waals surface area contributed by atoms with Gasteiger partial charge in [-0.25, -0.2) is 4.79 Å². The Morgan fingerprint density at radius 2 is 1.92 bits per heavy atom. The minimum absolute atomic E-state index is 0.213. The molecule has 2 atom stereocenters. The van der Waals surface area contributed by atoms with Gasteiger partial charge in [0.1, 0.15) is 5.60 Å². The van der Waals surface area contributed by atoms with Crippen LogP contribution < -0.4 is 16.0 Å². The molecule has 1 fully saturated rings. The molecule has 1 aliphatic rings. The minimum atomic E-state index is -0.474. The van der Waals surface area contributed by atoms with Crippen molar-refractivity contribution in [1.82, 2.24) is 16.0 Å². The van der Waals surface area contributed by atoms with Crippen molar-refractivity contribution in [1.29, 1.82) is 0 Å². The maximum absolute atomic E-state index is 11.5. The Balaban J connectivity index is 2.22. The van der Waals surface area contributed by atoms with E-state index < -0.39 is 11.7 Å². The molecule has 140 valence electrons. The molecule has 1 aliphatic carbocycles. The zero-order valence-corrected chi connectivity index (χ0v) is 15.5. The molecule has 24 heavy (non-hydrogen) atoms. The Kier molecular flexibility index (Phi) is 8.89. The number of aliphatic imine (C=N–C) groups is 1. The average Bonchev–Trinajstić information content (AvgIpc) is 2.87. The summed E-state index contributed by atoms with van der Waals surface area (Å²) in [6.45, 7) is 10.2. The van der Waals surface area contributed by atoms with E-state index >= 15 is 0 Å². The molecular formula is C17H34N4O3. The van der Waals surface area contributed by atoms with Gasteiger partial charge >= 0.3 is 6.09 Å². The number of carbonyl (C=O) groups excluding carboxylic acids is 1. The molecule has 0 radical (unpaired) electrons.